The molecule has 0 radical (unpaired) electrons. The zero-order valence-electron chi connectivity index (χ0n) is 17.2. The van der Waals surface area contributed by atoms with E-state index in [1.165, 1.54) is 37.1 Å². The SMILES string of the molecule is COC(=O)c1c(SCc2cccc(F)c2)nc2ccccc2c1OCc1ccccc1F. The molecule has 0 spiro atoms. The van der Waals surface area contributed by atoms with Crippen LogP contribution in [-0.2, 0) is 17.1 Å². The van der Waals surface area contributed by atoms with Gasteiger partial charge in [-0.25, -0.2) is 18.6 Å². The number of carbonyl (C=O) groups is 1. The number of pyridine rings is 1. The molecular formula is C25H19F2NO3S. The summed E-state index contributed by atoms with van der Waals surface area (Å²) in [6, 6.07) is 19.7. The Balaban J connectivity index is 1.77. The van der Waals surface area contributed by atoms with E-state index in [1.54, 1.807) is 48.5 Å². The molecule has 32 heavy (non-hydrogen) atoms. The minimum absolute atomic E-state index is 0.0708. The first-order valence-corrected chi connectivity index (χ1v) is 10.8. The van der Waals surface area contributed by atoms with Gasteiger partial charge in [0.15, 0.2) is 0 Å². The Morgan fingerprint density at radius 3 is 2.56 bits per heavy atom. The molecule has 0 N–H and O–H groups in total. The molecule has 0 atom stereocenters. The lowest BCUT2D eigenvalue weighted by Crippen LogP contribution is -2.10. The fraction of sp³-hybridized carbons (Fsp3) is 0.120. The summed E-state index contributed by atoms with van der Waals surface area (Å²) in [5.41, 5.74) is 1.88. The number of esters is 1. The zero-order chi connectivity index (χ0) is 22.5. The fourth-order valence-corrected chi connectivity index (χ4v) is 4.21. The normalized spacial score (nSPS) is 10.8. The smallest absolute Gasteiger partial charge is 0.344 e. The summed E-state index contributed by atoms with van der Waals surface area (Å²) in [4.78, 5) is 17.4. The van der Waals surface area contributed by atoms with E-state index in [1.807, 2.05) is 6.07 Å². The van der Waals surface area contributed by atoms with Gasteiger partial charge in [0.25, 0.3) is 0 Å². The quantitative estimate of drug-likeness (QED) is 0.248. The highest BCUT2D eigenvalue weighted by Gasteiger charge is 2.24. The first-order valence-electron chi connectivity index (χ1n) is 9.81. The highest BCUT2D eigenvalue weighted by Crippen LogP contribution is 2.37. The van der Waals surface area contributed by atoms with E-state index in [2.05, 4.69) is 4.98 Å². The topological polar surface area (TPSA) is 48.4 Å². The molecule has 4 rings (SSSR count). The number of ether oxygens (including phenoxy) is 2. The van der Waals surface area contributed by atoms with Crippen LogP contribution in [0.2, 0.25) is 0 Å². The fourth-order valence-electron chi connectivity index (χ4n) is 3.24. The number of aromatic nitrogens is 1. The van der Waals surface area contributed by atoms with E-state index >= 15 is 0 Å². The molecule has 4 nitrogen and oxygen atoms in total. The largest absolute Gasteiger partial charge is 0.487 e. The van der Waals surface area contributed by atoms with Crippen molar-refractivity contribution in [3.8, 4) is 5.75 Å². The summed E-state index contributed by atoms with van der Waals surface area (Å²) >= 11 is 1.27. The molecule has 0 bridgehead atoms. The van der Waals surface area contributed by atoms with Crippen molar-refractivity contribution in [1.29, 1.82) is 0 Å². The van der Waals surface area contributed by atoms with Gasteiger partial charge in [0, 0.05) is 16.7 Å². The lowest BCUT2D eigenvalue weighted by Gasteiger charge is -2.16. The van der Waals surface area contributed by atoms with Crippen LogP contribution in [0.4, 0.5) is 8.78 Å². The average Bonchev–Trinajstić information content (AvgIpc) is 2.81. The Kier molecular flexibility index (Phi) is 6.66. The third-order valence-electron chi connectivity index (χ3n) is 4.80. The lowest BCUT2D eigenvalue weighted by molar-refractivity contribution is 0.0590. The number of fused-ring (bicyclic) bond motifs is 1. The van der Waals surface area contributed by atoms with E-state index in [4.69, 9.17) is 9.47 Å². The molecular weight excluding hydrogens is 432 g/mol. The zero-order valence-corrected chi connectivity index (χ0v) is 18.0. The lowest BCUT2D eigenvalue weighted by atomic mass is 10.1. The van der Waals surface area contributed by atoms with Gasteiger partial charge in [-0.2, -0.15) is 0 Å². The number of rotatable bonds is 7. The molecule has 7 heteroatoms. The monoisotopic (exact) mass is 451 g/mol. The van der Waals surface area contributed by atoms with Gasteiger partial charge >= 0.3 is 5.97 Å². The van der Waals surface area contributed by atoms with Crippen LogP contribution in [0.15, 0.2) is 77.8 Å². The Hall–Kier alpha value is -3.45. The molecule has 1 heterocycles. The van der Waals surface area contributed by atoms with Crippen LogP contribution in [0.25, 0.3) is 10.9 Å². The van der Waals surface area contributed by atoms with E-state index in [9.17, 15) is 13.6 Å². The maximum atomic E-state index is 14.1. The number of thioether (sulfide) groups is 1. The van der Waals surface area contributed by atoms with Gasteiger partial charge in [-0.05, 0) is 35.9 Å². The Morgan fingerprint density at radius 1 is 1.00 bits per heavy atom. The third-order valence-corrected chi connectivity index (χ3v) is 5.84. The van der Waals surface area contributed by atoms with Crippen LogP contribution >= 0.6 is 11.8 Å². The summed E-state index contributed by atoms with van der Waals surface area (Å²) < 4.78 is 38.7. The number of benzene rings is 3. The predicted molar refractivity (Wildman–Crippen MR) is 120 cm³/mol. The molecule has 0 fully saturated rings. The van der Waals surface area contributed by atoms with E-state index < -0.39 is 11.8 Å². The summed E-state index contributed by atoms with van der Waals surface area (Å²) in [5.74, 6) is -0.691. The van der Waals surface area contributed by atoms with Crippen LogP contribution in [0, 0.1) is 11.6 Å². The molecule has 1 aromatic heterocycles. The molecule has 0 aliphatic rings. The highest BCUT2D eigenvalue weighted by atomic mass is 32.2. The van der Waals surface area contributed by atoms with Gasteiger partial charge in [-0.15, -0.1) is 11.8 Å². The van der Waals surface area contributed by atoms with Crippen molar-refractivity contribution in [2.24, 2.45) is 0 Å². The second-order valence-electron chi connectivity index (χ2n) is 6.93. The highest BCUT2D eigenvalue weighted by molar-refractivity contribution is 7.98. The summed E-state index contributed by atoms with van der Waals surface area (Å²) in [5, 5.41) is 1.00. The molecule has 0 aliphatic carbocycles. The van der Waals surface area contributed by atoms with E-state index in [0.717, 1.165) is 5.56 Å². The maximum Gasteiger partial charge on any atom is 0.344 e. The van der Waals surface area contributed by atoms with Crippen LogP contribution in [0.5, 0.6) is 5.75 Å². The predicted octanol–water partition coefficient (Wildman–Crippen LogP) is 6.17. The van der Waals surface area contributed by atoms with Crippen molar-refractivity contribution in [3.63, 3.8) is 0 Å². The molecule has 3 aromatic carbocycles. The van der Waals surface area contributed by atoms with Crippen molar-refractivity contribution < 1.29 is 23.0 Å². The Bertz CT molecular complexity index is 1280. The van der Waals surface area contributed by atoms with Crippen LogP contribution in [0.3, 0.4) is 0 Å². The number of hydrogen-bond donors (Lipinski definition) is 0. The molecule has 4 aromatic rings. The van der Waals surface area contributed by atoms with Crippen molar-refractivity contribution in [2.45, 2.75) is 17.4 Å². The van der Waals surface area contributed by atoms with E-state index in [-0.39, 0.29) is 23.7 Å². The minimum Gasteiger partial charge on any atom is -0.487 e. The second kappa shape index (κ2) is 9.78. The van der Waals surface area contributed by atoms with Gasteiger partial charge in [0.1, 0.15) is 34.6 Å². The van der Waals surface area contributed by atoms with Crippen LogP contribution < -0.4 is 4.74 Å². The van der Waals surface area contributed by atoms with Crippen molar-refractivity contribution in [2.75, 3.05) is 7.11 Å². The number of carbonyl (C=O) groups excluding carboxylic acids is 1. The Morgan fingerprint density at radius 2 is 1.78 bits per heavy atom. The van der Waals surface area contributed by atoms with Gasteiger partial charge in [-0.1, -0.05) is 42.5 Å². The number of nitrogens with zero attached hydrogens (tertiary/aromatic N) is 1. The maximum absolute atomic E-state index is 14.1. The molecule has 0 saturated heterocycles. The van der Waals surface area contributed by atoms with Crippen LogP contribution in [0.1, 0.15) is 21.5 Å². The van der Waals surface area contributed by atoms with Crippen molar-refractivity contribution in [1.82, 2.24) is 4.98 Å². The Labute approximate surface area is 188 Å². The van der Waals surface area contributed by atoms with Crippen molar-refractivity contribution >= 4 is 28.6 Å². The van der Waals surface area contributed by atoms with Crippen molar-refractivity contribution in [3.05, 3.63) is 101 Å². The van der Waals surface area contributed by atoms with Gasteiger partial charge in [0.05, 0.1) is 12.6 Å². The average molecular weight is 451 g/mol. The molecule has 0 aliphatic heterocycles. The molecule has 0 unspecified atom stereocenters. The molecule has 0 amide bonds. The van der Waals surface area contributed by atoms with E-state index in [0.29, 0.717) is 27.2 Å². The standard InChI is InChI=1S/C25H19F2NO3S/c1-30-25(29)22-23(31-14-17-8-2-4-11-20(17)27)19-10-3-5-12-21(19)28-24(22)32-15-16-7-6-9-18(26)13-16/h2-13H,14-15H2,1H3. The number of para-hydroxylation sites is 1. The first-order chi connectivity index (χ1) is 15.6. The first kappa shape index (κ1) is 21.8. The molecule has 162 valence electrons. The third kappa shape index (κ3) is 4.73. The number of methoxy groups -OCH3 is 1. The minimum atomic E-state index is -0.617. The summed E-state index contributed by atoms with van der Waals surface area (Å²) in [6.45, 7) is -0.0708. The number of halogens is 2. The summed E-state index contributed by atoms with van der Waals surface area (Å²) in [6.07, 6.45) is 0. The van der Waals surface area contributed by atoms with Gasteiger partial charge in [0.2, 0.25) is 0 Å². The van der Waals surface area contributed by atoms with Gasteiger partial charge in [-0.3, -0.25) is 0 Å². The van der Waals surface area contributed by atoms with Gasteiger partial charge < -0.3 is 9.47 Å². The van der Waals surface area contributed by atoms with Crippen LogP contribution in [-0.4, -0.2) is 18.1 Å². The number of hydrogen-bond acceptors (Lipinski definition) is 5. The molecule has 0 saturated carbocycles. The second-order valence-corrected chi connectivity index (χ2v) is 7.89. The summed E-state index contributed by atoms with van der Waals surface area (Å²) in [7, 11) is 1.28.